The molecule has 0 aliphatic heterocycles. The highest BCUT2D eigenvalue weighted by Crippen LogP contribution is 2.27. The third-order valence-corrected chi connectivity index (χ3v) is 6.00. The van der Waals surface area contributed by atoms with Crippen LogP contribution in [0.15, 0.2) is 114 Å². The number of ether oxygens (including phenoxy) is 1. The molecule has 0 saturated carbocycles. The minimum atomic E-state index is -0.391. The lowest BCUT2D eigenvalue weighted by Crippen LogP contribution is -2.18. The molecule has 182 valence electrons. The van der Waals surface area contributed by atoms with Crippen LogP contribution in [0, 0.1) is 6.92 Å². The van der Waals surface area contributed by atoms with Gasteiger partial charge in [-0.1, -0.05) is 72.3 Å². The van der Waals surface area contributed by atoms with Crippen LogP contribution < -0.4 is 10.2 Å². The van der Waals surface area contributed by atoms with E-state index in [1.54, 1.807) is 24.1 Å². The van der Waals surface area contributed by atoms with E-state index in [9.17, 15) is 4.79 Å². The number of hydrogen-bond donors (Lipinski definition) is 1. The molecule has 0 radical (unpaired) electrons. The van der Waals surface area contributed by atoms with Crippen molar-refractivity contribution in [2.75, 3.05) is 7.11 Å². The van der Waals surface area contributed by atoms with E-state index in [1.165, 1.54) is 0 Å². The van der Waals surface area contributed by atoms with Crippen molar-refractivity contribution in [1.82, 2.24) is 15.2 Å². The average Bonchev–Trinajstić information content (AvgIpc) is 3.40. The molecule has 0 aliphatic carbocycles. The van der Waals surface area contributed by atoms with Crippen molar-refractivity contribution >= 4 is 12.1 Å². The van der Waals surface area contributed by atoms with Gasteiger partial charge in [0.25, 0.3) is 5.91 Å². The molecule has 0 bridgehead atoms. The number of carbonyl (C=O) groups is 1. The largest absolute Gasteiger partial charge is 0.497 e. The standard InChI is InChI=1S/C31H26N4O2/c1-22-8-16-27(17-9-22)35-30(26-14-12-25(13-15-26)24-6-4-3-5-7-24)20-29(34-35)31(36)33-32-21-23-10-18-28(37-2)19-11-23/h3-21H,1-2H3,(H,33,36)/b32-21-. The van der Waals surface area contributed by atoms with Gasteiger partial charge in [0, 0.05) is 5.56 Å². The summed E-state index contributed by atoms with van der Waals surface area (Å²) in [6, 6.07) is 35.7. The van der Waals surface area contributed by atoms with E-state index in [4.69, 9.17) is 4.74 Å². The first-order chi connectivity index (χ1) is 18.1. The molecular formula is C31H26N4O2. The van der Waals surface area contributed by atoms with E-state index in [2.05, 4.69) is 39.9 Å². The van der Waals surface area contributed by atoms with Crippen LogP contribution in [-0.4, -0.2) is 29.0 Å². The number of rotatable bonds is 7. The predicted molar refractivity (Wildman–Crippen MR) is 147 cm³/mol. The molecule has 0 aliphatic rings. The first kappa shape index (κ1) is 23.8. The van der Waals surface area contributed by atoms with Gasteiger partial charge in [-0.3, -0.25) is 4.79 Å². The van der Waals surface area contributed by atoms with Crippen molar-refractivity contribution in [3.63, 3.8) is 0 Å². The van der Waals surface area contributed by atoms with Crippen molar-refractivity contribution in [3.05, 3.63) is 126 Å². The smallest absolute Gasteiger partial charge is 0.291 e. The van der Waals surface area contributed by atoms with Gasteiger partial charge in [-0.2, -0.15) is 10.2 Å². The fourth-order valence-electron chi connectivity index (χ4n) is 3.96. The van der Waals surface area contributed by atoms with E-state index >= 15 is 0 Å². The number of hydrazone groups is 1. The zero-order chi connectivity index (χ0) is 25.6. The summed E-state index contributed by atoms with van der Waals surface area (Å²) in [5, 5.41) is 8.73. The van der Waals surface area contributed by atoms with Gasteiger partial charge in [0.2, 0.25) is 0 Å². The lowest BCUT2D eigenvalue weighted by molar-refractivity contribution is 0.0949. The van der Waals surface area contributed by atoms with Crippen molar-refractivity contribution in [3.8, 4) is 33.8 Å². The highest BCUT2D eigenvalue weighted by molar-refractivity contribution is 5.94. The number of aromatic nitrogens is 2. The SMILES string of the molecule is COc1ccc(/C=N\NC(=O)c2cc(-c3ccc(-c4ccccc4)cc3)n(-c3ccc(C)cc3)n2)cc1. The van der Waals surface area contributed by atoms with Crippen molar-refractivity contribution in [2.45, 2.75) is 6.92 Å². The van der Waals surface area contributed by atoms with Gasteiger partial charge in [0.1, 0.15) is 5.75 Å². The summed E-state index contributed by atoms with van der Waals surface area (Å²) in [5.74, 6) is 0.366. The van der Waals surface area contributed by atoms with Crippen LogP contribution in [-0.2, 0) is 0 Å². The molecular weight excluding hydrogens is 460 g/mol. The molecule has 0 saturated heterocycles. The van der Waals surface area contributed by atoms with Gasteiger partial charge in [-0.05, 0) is 66.1 Å². The van der Waals surface area contributed by atoms with Crippen LogP contribution in [0.2, 0.25) is 0 Å². The Kier molecular flexibility index (Phi) is 6.90. The number of methoxy groups -OCH3 is 1. The maximum atomic E-state index is 12.9. The normalized spacial score (nSPS) is 11.0. The van der Waals surface area contributed by atoms with Crippen LogP contribution in [0.4, 0.5) is 0 Å². The fraction of sp³-hybridized carbons (Fsp3) is 0.0645. The van der Waals surface area contributed by atoms with E-state index in [-0.39, 0.29) is 5.69 Å². The quantitative estimate of drug-likeness (QED) is 0.217. The van der Waals surface area contributed by atoms with Gasteiger partial charge in [0.15, 0.2) is 5.69 Å². The Morgan fingerprint density at radius 3 is 2.16 bits per heavy atom. The monoisotopic (exact) mass is 486 g/mol. The number of benzene rings is 4. The number of hydrogen-bond acceptors (Lipinski definition) is 4. The Morgan fingerprint density at radius 2 is 1.49 bits per heavy atom. The van der Waals surface area contributed by atoms with Crippen LogP contribution in [0.3, 0.4) is 0 Å². The average molecular weight is 487 g/mol. The van der Waals surface area contributed by atoms with Crippen molar-refractivity contribution < 1.29 is 9.53 Å². The molecule has 0 fully saturated rings. The fourth-order valence-corrected chi connectivity index (χ4v) is 3.96. The van der Waals surface area contributed by atoms with Crippen LogP contribution in [0.25, 0.3) is 28.1 Å². The summed E-state index contributed by atoms with van der Waals surface area (Å²) in [6.45, 7) is 2.04. The second-order valence-electron chi connectivity index (χ2n) is 8.58. The van der Waals surface area contributed by atoms with E-state index < -0.39 is 5.91 Å². The highest BCUT2D eigenvalue weighted by Gasteiger charge is 2.17. The van der Waals surface area contributed by atoms with Crippen molar-refractivity contribution in [2.24, 2.45) is 5.10 Å². The molecule has 1 heterocycles. The minimum Gasteiger partial charge on any atom is -0.497 e. The Bertz CT molecular complexity index is 1520. The highest BCUT2D eigenvalue weighted by atomic mass is 16.5. The molecule has 0 unspecified atom stereocenters. The summed E-state index contributed by atoms with van der Waals surface area (Å²) >= 11 is 0. The minimum absolute atomic E-state index is 0.273. The van der Waals surface area contributed by atoms with Gasteiger partial charge >= 0.3 is 0 Å². The molecule has 0 atom stereocenters. The maximum Gasteiger partial charge on any atom is 0.291 e. The number of amides is 1. The van der Waals surface area contributed by atoms with Gasteiger partial charge in [0.05, 0.1) is 24.7 Å². The van der Waals surface area contributed by atoms with Gasteiger partial charge < -0.3 is 4.74 Å². The third-order valence-electron chi connectivity index (χ3n) is 6.00. The third kappa shape index (κ3) is 5.49. The van der Waals surface area contributed by atoms with Crippen LogP contribution in [0.5, 0.6) is 5.75 Å². The molecule has 0 spiro atoms. The zero-order valence-electron chi connectivity index (χ0n) is 20.6. The summed E-state index contributed by atoms with van der Waals surface area (Å²) in [5.41, 5.74) is 9.75. The molecule has 5 rings (SSSR count). The molecule has 5 aromatic rings. The first-order valence-corrected chi connectivity index (χ1v) is 11.9. The molecule has 1 aromatic heterocycles. The topological polar surface area (TPSA) is 68.5 Å². The Balaban J connectivity index is 1.43. The summed E-state index contributed by atoms with van der Waals surface area (Å²) in [7, 11) is 1.62. The molecule has 1 N–H and O–H groups in total. The van der Waals surface area contributed by atoms with Crippen LogP contribution >= 0.6 is 0 Å². The number of carbonyl (C=O) groups excluding carboxylic acids is 1. The number of nitrogens with one attached hydrogen (secondary N) is 1. The van der Waals surface area contributed by atoms with E-state index in [0.29, 0.717) is 0 Å². The maximum absolute atomic E-state index is 12.9. The number of nitrogens with zero attached hydrogens (tertiary/aromatic N) is 3. The van der Waals surface area contributed by atoms with Gasteiger partial charge in [-0.25, -0.2) is 10.1 Å². The van der Waals surface area contributed by atoms with E-state index in [1.807, 2.05) is 85.8 Å². The Hall–Kier alpha value is -4.97. The second-order valence-corrected chi connectivity index (χ2v) is 8.58. The first-order valence-electron chi connectivity index (χ1n) is 11.9. The number of aryl methyl sites for hydroxylation is 1. The lowest BCUT2D eigenvalue weighted by atomic mass is 10.0. The zero-order valence-corrected chi connectivity index (χ0v) is 20.6. The summed E-state index contributed by atoms with van der Waals surface area (Å²) in [4.78, 5) is 12.9. The second kappa shape index (κ2) is 10.7. The predicted octanol–water partition coefficient (Wildman–Crippen LogP) is 6.29. The molecule has 1 amide bonds. The van der Waals surface area contributed by atoms with Gasteiger partial charge in [-0.15, -0.1) is 0 Å². The van der Waals surface area contributed by atoms with E-state index in [0.717, 1.165) is 44.9 Å². The molecule has 4 aromatic carbocycles. The lowest BCUT2D eigenvalue weighted by Gasteiger charge is -2.09. The Labute approximate surface area is 215 Å². The molecule has 6 nitrogen and oxygen atoms in total. The summed E-state index contributed by atoms with van der Waals surface area (Å²) < 4.78 is 6.96. The molecule has 37 heavy (non-hydrogen) atoms. The Morgan fingerprint density at radius 1 is 0.838 bits per heavy atom. The van der Waals surface area contributed by atoms with Crippen molar-refractivity contribution in [1.29, 1.82) is 0 Å². The molecule has 6 heteroatoms. The van der Waals surface area contributed by atoms with Crippen LogP contribution in [0.1, 0.15) is 21.6 Å². The summed E-state index contributed by atoms with van der Waals surface area (Å²) in [6.07, 6.45) is 1.58.